The summed E-state index contributed by atoms with van der Waals surface area (Å²) < 4.78 is 59.3. The molecule has 2 atom stereocenters. The summed E-state index contributed by atoms with van der Waals surface area (Å²) in [5.41, 5.74) is 0.595. The quantitative estimate of drug-likeness (QED) is 0.0287. The Bertz CT molecular complexity index is 2010. The van der Waals surface area contributed by atoms with Gasteiger partial charge in [-0.1, -0.05) is 23.8 Å². The van der Waals surface area contributed by atoms with Gasteiger partial charge in [-0.25, -0.2) is 18.4 Å². The van der Waals surface area contributed by atoms with Crippen LogP contribution in [-0.4, -0.2) is 89.4 Å². The number of amides is 5. The summed E-state index contributed by atoms with van der Waals surface area (Å²) in [5, 5.41) is 30.2. The van der Waals surface area contributed by atoms with Crippen LogP contribution < -0.4 is 31.3 Å². The number of hydrogen-bond donors (Lipinski definition) is 7. The highest BCUT2D eigenvalue weighted by atomic mass is 19.2. The van der Waals surface area contributed by atoms with Gasteiger partial charge in [-0.15, -0.1) is 0 Å². The number of nitrogens with one attached hydrogen (secondary N) is 5. The van der Waals surface area contributed by atoms with Crippen molar-refractivity contribution >= 4 is 47.4 Å². The minimum absolute atomic E-state index is 0.0111. The number of aryl methyl sites for hydroxylation is 1. The maximum atomic E-state index is 13.9. The van der Waals surface area contributed by atoms with Gasteiger partial charge in [0.25, 0.3) is 11.8 Å². The Hall–Kier alpha value is -6.86. The highest BCUT2D eigenvalue weighted by Gasteiger charge is 2.26. The average molecular weight is 804 g/mol. The summed E-state index contributed by atoms with van der Waals surface area (Å²) in [6.45, 7) is 0.526. The molecule has 0 spiro atoms. The summed E-state index contributed by atoms with van der Waals surface area (Å²) in [5.74, 6) is -17.7. The first kappa shape index (κ1) is 44.5. The van der Waals surface area contributed by atoms with Crippen LogP contribution in [0, 0.1) is 30.2 Å². The van der Waals surface area contributed by atoms with Crippen LogP contribution in [0.3, 0.4) is 0 Å². The molecule has 3 rings (SSSR count). The first-order valence-corrected chi connectivity index (χ1v) is 17.1. The molecule has 20 heteroatoms. The van der Waals surface area contributed by atoms with Gasteiger partial charge in [0.15, 0.2) is 11.6 Å². The molecular formula is C37H37F4N5O11. The zero-order valence-electron chi connectivity index (χ0n) is 30.1. The number of ether oxygens (including phenoxy) is 1. The molecule has 0 radical (unpaired) electrons. The third kappa shape index (κ3) is 14.1. The second kappa shape index (κ2) is 21.3. The number of hydrogen-bond acceptors (Lipinski definition) is 9. The smallest absolute Gasteiger partial charge is 0.343 e. The van der Waals surface area contributed by atoms with E-state index in [2.05, 4.69) is 31.3 Å². The van der Waals surface area contributed by atoms with Crippen LogP contribution in [0.15, 0.2) is 54.6 Å². The lowest BCUT2D eigenvalue weighted by atomic mass is 10.1. The van der Waals surface area contributed by atoms with E-state index < -0.39 is 114 Å². The number of rotatable bonds is 20. The summed E-state index contributed by atoms with van der Waals surface area (Å²) in [7, 11) is 0. The SMILES string of the molecule is Cc1cccc(C(=O)NCCCC[C@@H](NC(=O)CNC(=O)[C@@H](CCC(=O)O)NC(=O)CNC(=O)c2cccc(C(=O)Oc3c(F)c(F)cc(F)c3F)c2)C(=O)O)c1. The van der Waals surface area contributed by atoms with E-state index in [4.69, 9.17) is 5.11 Å². The van der Waals surface area contributed by atoms with Crippen LogP contribution in [0.4, 0.5) is 17.6 Å². The minimum atomic E-state index is -1.98. The van der Waals surface area contributed by atoms with Crippen molar-refractivity contribution in [3.05, 3.63) is 100 Å². The van der Waals surface area contributed by atoms with E-state index in [1.807, 2.05) is 13.0 Å². The van der Waals surface area contributed by atoms with Crippen LogP contribution >= 0.6 is 0 Å². The fraction of sp³-hybridized carbons (Fsp3) is 0.297. The minimum Gasteiger partial charge on any atom is -0.481 e. The molecule has 57 heavy (non-hydrogen) atoms. The first-order valence-electron chi connectivity index (χ1n) is 17.1. The van der Waals surface area contributed by atoms with Gasteiger partial charge >= 0.3 is 17.9 Å². The number of carbonyl (C=O) groups is 8. The maximum absolute atomic E-state index is 13.9. The van der Waals surface area contributed by atoms with Gasteiger partial charge in [-0.2, -0.15) is 8.78 Å². The second-order valence-corrected chi connectivity index (χ2v) is 12.3. The molecule has 5 amide bonds. The summed E-state index contributed by atoms with van der Waals surface area (Å²) in [6, 6.07) is 8.18. The topological polar surface area (TPSA) is 246 Å². The molecule has 0 fully saturated rings. The molecule has 0 heterocycles. The third-order valence-corrected chi connectivity index (χ3v) is 7.88. The van der Waals surface area contributed by atoms with Gasteiger partial charge in [0.1, 0.15) is 12.1 Å². The van der Waals surface area contributed by atoms with E-state index in [9.17, 15) is 61.0 Å². The summed E-state index contributed by atoms with van der Waals surface area (Å²) in [4.78, 5) is 98.3. The zero-order chi connectivity index (χ0) is 42.2. The van der Waals surface area contributed by atoms with Crippen LogP contribution in [0.2, 0.25) is 0 Å². The van der Waals surface area contributed by atoms with Crippen LogP contribution in [-0.2, 0) is 24.0 Å². The lowest BCUT2D eigenvalue weighted by Crippen LogP contribution is -2.52. The molecule has 3 aromatic rings. The fourth-order valence-corrected chi connectivity index (χ4v) is 4.98. The number of carboxylic acid groups (broad SMARTS) is 2. The molecule has 0 aliphatic heterocycles. The van der Waals surface area contributed by atoms with E-state index in [1.165, 1.54) is 0 Å². The van der Waals surface area contributed by atoms with E-state index in [0.29, 0.717) is 18.4 Å². The van der Waals surface area contributed by atoms with Crippen molar-refractivity contribution in [1.29, 1.82) is 0 Å². The van der Waals surface area contributed by atoms with E-state index >= 15 is 0 Å². The number of carboxylic acids is 2. The molecule has 0 bridgehead atoms. The highest BCUT2D eigenvalue weighted by Crippen LogP contribution is 2.27. The molecule has 0 saturated carbocycles. The Kier molecular flexibility index (Phi) is 16.6. The van der Waals surface area contributed by atoms with Gasteiger partial charge < -0.3 is 41.5 Å². The number of unbranched alkanes of at least 4 members (excludes halogenated alkanes) is 1. The highest BCUT2D eigenvalue weighted by molar-refractivity contribution is 6.00. The largest absolute Gasteiger partial charge is 0.481 e. The van der Waals surface area contributed by atoms with Crippen molar-refractivity contribution in [2.24, 2.45) is 0 Å². The Morgan fingerprint density at radius 2 is 1.23 bits per heavy atom. The standard InChI is InChI=1S/C37H37F4N5O11/c1-19-6-4-7-20(14-19)33(51)42-13-3-2-10-26(36(54)55)46-28(48)18-44-35(53)25(11-12-29(49)50)45-27(47)17-43-34(52)21-8-5-9-22(15-21)37(56)57-32-30(40)23(38)16-24(39)31(32)41/h4-9,14-16,25-26H,2-3,10-13,17-18H2,1H3,(H,42,51)(H,43,52)(H,44,53)(H,45,47)(H,46,48)(H,49,50)(H,54,55)/t25-,26-/m1/s1. The molecule has 304 valence electrons. The van der Waals surface area contributed by atoms with Crippen molar-refractivity contribution in [3.8, 4) is 5.75 Å². The van der Waals surface area contributed by atoms with E-state index in [1.54, 1.807) is 18.2 Å². The molecule has 7 N–H and O–H groups in total. The monoisotopic (exact) mass is 803 g/mol. The Morgan fingerprint density at radius 3 is 1.84 bits per heavy atom. The Morgan fingerprint density at radius 1 is 0.667 bits per heavy atom. The van der Waals surface area contributed by atoms with Crippen molar-refractivity contribution < 1.29 is 70.9 Å². The van der Waals surface area contributed by atoms with E-state index in [-0.39, 0.29) is 30.5 Å². The average Bonchev–Trinajstić information content (AvgIpc) is 3.17. The number of esters is 1. The van der Waals surface area contributed by atoms with E-state index in [0.717, 1.165) is 29.8 Å². The number of carbonyl (C=O) groups excluding carboxylic acids is 6. The lowest BCUT2D eigenvalue weighted by molar-refractivity contribution is -0.142. The Balaban J connectivity index is 1.49. The van der Waals surface area contributed by atoms with Crippen molar-refractivity contribution in [3.63, 3.8) is 0 Å². The number of halogens is 4. The van der Waals surface area contributed by atoms with Gasteiger partial charge in [0.05, 0.1) is 18.7 Å². The predicted octanol–water partition coefficient (Wildman–Crippen LogP) is 2.14. The maximum Gasteiger partial charge on any atom is 0.343 e. The van der Waals surface area contributed by atoms with Crippen molar-refractivity contribution in [1.82, 2.24) is 26.6 Å². The molecular weight excluding hydrogens is 766 g/mol. The normalized spacial score (nSPS) is 11.7. The predicted molar refractivity (Wildman–Crippen MR) is 189 cm³/mol. The van der Waals surface area contributed by atoms with Crippen LogP contribution in [0.5, 0.6) is 5.75 Å². The molecule has 3 aromatic carbocycles. The number of aliphatic carboxylic acids is 2. The van der Waals surface area contributed by atoms with Gasteiger partial charge in [0, 0.05) is 30.2 Å². The van der Waals surface area contributed by atoms with Crippen molar-refractivity contribution in [2.45, 2.75) is 51.1 Å². The van der Waals surface area contributed by atoms with Gasteiger partial charge in [-0.3, -0.25) is 28.8 Å². The molecule has 0 aromatic heterocycles. The molecule has 0 aliphatic rings. The number of benzene rings is 3. The molecule has 0 unspecified atom stereocenters. The molecule has 0 aliphatic carbocycles. The second-order valence-electron chi connectivity index (χ2n) is 12.3. The Labute approximate surface area is 321 Å². The zero-order valence-corrected chi connectivity index (χ0v) is 30.1. The summed E-state index contributed by atoms with van der Waals surface area (Å²) >= 11 is 0. The summed E-state index contributed by atoms with van der Waals surface area (Å²) in [6.07, 6.45) is -0.379. The first-order chi connectivity index (χ1) is 27.0. The van der Waals surface area contributed by atoms with Gasteiger partial charge in [-0.05, 0) is 62.9 Å². The lowest BCUT2D eigenvalue weighted by Gasteiger charge is -2.19. The third-order valence-electron chi connectivity index (χ3n) is 7.88. The fourth-order valence-electron chi connectivity index (χ4n) is 4.98. The molecule has 0 saturated heterocycles. The van der Waals surface area contributed by atoms with Crippen LogP contribution in [0.25, 0.3) is 0 Å². The molecule has 16 nitrogen and oxygen atoms in total. The van der Waals surface area contributed by atoms with Crippen molar-refractivity contribution in [2.75, 3.05) is 19.6 Å². The van der Waals surface area contributed by atoms with Gasteiger partial charge in [0.2, 0.25) is 35.1 Å². The van der Waals surface area contributed by atoms with Crippen LogP contribution in [0.1, 0.15) is 68.7 Å².